The Balaban J connectivity index is 1.54. The highest BCUT2D eigenvalue weighted by atomic mass is 35.5. The molecule has 3 fully saturated rings. The van der Waals surface area contributed by atoms with Crippen molar-refractivity contribution >= 4 is 45.1 Å². The van der Waals surface area contributed by atoms with Crippen LogP contribution in [0.1, 0.15) is 62.1 Å². The minimum absolute atomic E-state index is 0.177. The van der Waals surface area contributed by atoms with E-state index in [0.717, 1.165) is 11.1 Å². The standard InChI is InChI=1S/C28H32Cl2N2O5S/c1-17(12-13-31(2)38(36,37)22-10-11-22)32-25(18-6-8-20(29)9-7-18)23(19-4-3-5-21(30)14-19)15-28(27(32)35)16-24(28)26(33)34/h3-9,14,17,22-25H,10-13,15-16H2,1-2H3,(H,33,34)/t17-,23?,24?,25?,28?/m0/s1. The molecule has 1 N–H and O–H groups in total. The van der Waals surface area contributed by atoms with Crippen LogP contribution in [0, 0.1) is 11.3 Å². The first-order valence-electron chi connectivity index (χ1n) is 13.0. The Morgan fingerprint density at radius 2 is 1.79 bits per heavy atom. The van der Waals surface area contributed by atoms with E-state index in [2.05, 4.69) is 0 Å². The highest BCUT2D eigenvalue weighted by molar-refractivity contribution is 7.90. The van der Waals surface area contributed by atoms with Crippen LogP contribution in [0.4, 0.5) is 0 Å². The first-order valence-corrected chi connectivity index (χ1v) is 15.2. The summed E-state index contributed by atoms with van der Waals surface area (Å²) in [6.45, 7) is 2.19. The molecule has 1 spiro atoms. The molecule has 5 rings (SSSR count). The van der Waals surface area contributed by atoms with Gasteiger partial charge in [0.1, 0.15) is 0 Å². The zero-order valence-electron chi connectivity index (χ0n) is 21.4. The quantitative estimate of drug-likeness (QED) is 0.433. The normalized spacial score (nSPS) is 28.1. The fourth-order valence-electron chi connectivity index (χ4n) is 6.08. The Hall–Kier alpha value is -2.13. The Labute approximate surface area is 233 Å². The van der Waals surface area contributed by atoms with Crippen LogP contribution in [0.2, 0.25) is 10.0 Å². The van der Waals surface area contributed by atoms with E-state index in [1.165, 1.54) is 4.31 Å². The van der Waals surface area contributed by atoms with Gasteiger partial charge < -0.3 is 10.0 Å². The van der Waals surface area contributed by atoms with Crippen LogP contribution in [0.3, 0.4) is 0 Å². The largest absolute Gasteiger partial charge is 0.481 e. The molecule has 1 amide bonds. The molecule has 0 aromatic heterocycles. The van der Waals surface area contributed by atoms with Gasteiger partial charge in [-0.25, -0.2) is 12.7 Å². The van der Waals surface area contributed by atoms with Crippen LogP contribution in [0.5, 0.6) is 0 Å². The number of benzene rings is 2. The molecule has 5 atom stereocenters. The van der Waals surface area contributed by atoms with Gasteiger partial charge in [-0.3, -0.25) is 9.59 Å². The second-order valence-electron chi connectivity index (χ2n) is 11.0. The van der Waals surface area contributed by atoms with Crippen molar-refractivity contribution in [1.29, 1.82) is 0 Å². The highest BCUT2D eigenvalue weighted by Gasteiger charge is 2.69. The number of carbonyl (C=O) groups excluding carboxylic acids is 1. The Morgan fingerprint density at radius 1 is 1.11 bits per heavy atom. The number of piperidine rings is 1. The van der Waals surface area contributed by atoms with E-state index in [1.54, 1.807) is 25.2 Å². The summed E-state index contributed by atoms with van der Waals surface area (Å²) in [5.41, 5.74) is 0.842. The number of carbonyl (C=O) groups is 2. The van der Waals surface area contributed by atoms with Crippen molar-refractivity contribution in [1.82, 2.24) is 9.21 Å². The number of aliphatic carboxylic acids is 1. The van der Waals surface area contributed by atoms with Gasteiger partial charge in [-0.1, -0.05) is 47.5 Å². The SMILES string of the molecule is C[C@@H](CCN(C)S(=O)(=O)C1CC1)N1C(=O)C2(CC(c3cccc(Cl)c3)C1c1ccc(Cl)cc1)CC2C(=O)O. The topological polar surface area (TPSA) is 95.0 Å². The summed E-state index contributed by atoms with van der Waals surface area (Å²) in [7, 11) is -1.75. The van der Waals surface area contributed by atoms with E-state index < -0.39 is 27.3 Å². The Morgan fingerprint density at radius 3 is 2.37 bits per heavy atom. The number of carboxylic acids is 1. The van der Waals surface area contributed by atoms with E-state index in [1.807, 2.05) is 42.2 Å². The van der Waals surface area contributed by atoms with Crippen LogP contribution >= 0.6 is 23.2 Å². The molecule has 2 saturated carbocycles. The van der Waals surface area contributed by atoms with Crippen molar-refractivity contribution in [3.8, 4) is 0 Å². The highest BCUT2D eigenvalue weighted by Crippen LogP contribution is 2.65. The molecule has 204 valence electrons. The van der Waals surface area contributed by atoms with Gasteiger partial charge in [0.25, 0.3) is 0 Å². The van der Waals surface area contributed by atoms with Gasteiger partial charge >= 0.3 is 5.97 Å². The lowest BCUT2D eigenvalue weighted by Gasteiger charge is -2.48. The van der Waals surface area contributed by atoms with E-state index in [-0.39, 0.29) is 35.7 Å². The molecular weight excluding hydrogens is 547 g/mol. The number of hydrogen-bond acceptors (Lipinski definition) is 4. The zero-order chi connectivity index (χ0) is 27.4. The number of sulfonamides is 1. The van der Waals surface area contributed by atoms with E-state index in [9.17, 15) is 23.1 Å². The maximum Gasteiger partial charge on any atom is 0.307 e. The predicted octanol–water partition coefficient (Wildman–Crippen LogP) is 5.34. The molecule has 1 saturated heterocycles. The summed E-state index contributed by atoms with van der Waals surface area (Å²) in [5.74, 6) is -2.08. The maximum atomic E-state index is 14.2. The van der Waals surface area contributed by atoms with Crippen LogP contribution < -0.4 is 0 Å². The van der Waals surface area contributed by atoms with Gasteiger partial charge in [-0.05, 0) is 74.4 Å². The first-order chi connectivity index (χ1) is 18.0. The number of amides is 1. The van der Waals surface area contributed by atoms with Gasteiger partial charge in [0, 0.05) is 35.6 Å². The molecule has 2 aromatic rings. The minimum Gasteiger partial charge on any atom is -0.481 e. The van der Waals surface area contributed by atoms with Crippen LogP contribution in [-0.2, 0) is 19.6 Å². The minimum atomic E-state index is -3.34. The molecule has 2 aromatic carbocycles. The van der Waals surface area contributed by atoms with Crippen molar-refractivity contribution in [2.45, 2.75) is 62.3 Å². The smallest absolute Gasteiger partial charge is 0.307 e. The van der Waals surface area contributed by atoms with Gasteiger partial charge in [0.15, 0.2) is 0 Å². The average Bonchev–Trinajstić information content (AvgIpc) is 3.79. The molecule has 10 heteroatoms. The van der Waals surface area contributed by atoms with Crippen molar-refractivity contribution in [3.05, 3.63) is 69.7 Å². The van der Waals surface area contributed by atoms with Crippen molar-refractivity contribution in [2.75, 3.05) is 13.6 Å². The summed E-state index contributed by atoms with van der Waals surface area (Å²) < 4.78 is 26.8. The number of rotatable bonds is 9. The number of likely N-dealkylation sites (tertiary alicyclic amines) is 1. The molecule has 3 aliphatic rings. The summed E-state index contributed by atoms with van der Waals surface area (Å²) in [6.07, 6.45) is 2.49. The predicted molar refractivity (Wildman–Crippen MR) is 147 cm³/mol. The number of carboxylic acid groups (broad SMARTS) is 1. The number of halogens is 2. The lowest BCUT2D eigenvalue weighted by molar-refractivity contribution is -0.153. The average molecular weight is 580 g/mol. The summed E-state index contributed by atoms with van der Waals surface area (Å²) >= 11 is 12.6. The molecule has 1 heterocycles. The second-order valence-corrected chi connectivity index (χ2v) is 14.2. The molecular formula is C28H32Cl2N2O5S. The molecule has 1 aliphatic heterocycles. The summed E-state index contributed by atoms with van der Waals surface area (Å²) in [6, 6.07) is 14.2. The third-order valence-electron chi connectivity index (χ3n) is 8.50. The van der Waals surface area contributed by atoms with Gasteiger partial charge in [0.2, 0.25) is 15.9 Å². The van der Waals surface area contributed by atoms with Gasteiger partial charge in [0.05, 0.1) is 22.6 Å². The lowest BCUT2D eigenvalue weighted by atomic mass is 9.72. The van der Waals surface area contributed by atoms with E-state index in [4.69, 9.17) is 23.2 Å². The van der Waals surface area contributed by atoms with E-state index in [0.29, 0.717) is 42.1 Å². The zero-order valence-corrected chi connectivity index (χ0v) is 23.7. The fourth-order valence-corrected chi connectivity index (χ4v) is 8.00. The maximum absolute atomic E-state index is 14.2. The van der Waals surface area contributed by atoms with Crippen molar-refractivity contribution in [3.63, 3.8) is 0 Å². The van der Waals surface area contributed by atoms with Crippen molar-refractivity contribution in [2.24, 2.45) is 11.3 Å². The second kappa shape index (κ2) is 10.1. The molecule has 4 unspecified atom stereocenters. The third-order valence-corrected chi connectivity index (χ3v) is 11.4. The number of nitrogens with zero attached hydrogens (tertiary/aromatic N) is 2. The van der Waals surface area contributed by atoms with Crippen LogP contribution in [0.25, 0.3) is 0 Å². The third kappa shape index (κ3) is 4.96. The molecule has 2 aliphatic carbocycles. The fraction of sp³-hybridized carbons (Fsp3) is 0.500. The monoisotopic (exact) mass is 578 g/mol. The van der Waals surface area contributed by atoms with Gasteiger partial charge in [-0.2, -0.15) is 0 Å². The first kappa shape index (κ1) is 27.4. The Bertz CT molecular complexity index is 1350. The van der Waals surface area contributed by atoms with E-state index >= 15 is 0 Å². The molecule has 7 nitrogen and oxygen atoms in total. The van der Waals surface area contributed by atoms with Crippen LogP contribution in [-0.4, -0.2) is 59.5 Å². The Kier molecular flexibility index (Phi) is 7.31. The van der Waals surface area contributed by atoms with Crippen molar-refractivity contribution < 1.29 is 23.1 Å². The summed E-state index contributed by atoms with van der Waals surface area (Å²) in [5, 5.41) is 10.7. The molecule has 38 heavy (non-hydrogen) atoms. The molecule has 0 bridgehead atoms. The number of hydrogen-bond donors (Lipinski definition) is 1. The molecule has 0 radical (unpaired) electrons. The summed E-state index contributed by atoms with van der Waals surface area (Å²) in [4.78, 5) is 28.1. The lowest BCUT2D eigenvalue weighted by Crippen LogP contribution is -2.53. The van der Waals surface area contributed by atoms with Crippen LogP contribution in [0.15, 0.2) is 48.5 Å². The van der Waals surface area contributed by atoms with Gasteiger partial charge in [-0.15, -0.1) is 0 Å².